The Kier molecular flexibility index (Phi) is 4.37. The van der Waals surface area contributed by atoms with Crippen LogP contribution in [0, 0.1) is 5.92 Å². The number of aliphatic hydroxyl groups is 1. The maximum atomic E-state index is 11.1. The first-order valence-electron chi connectivity index (χ1n) is 3.48. The average Bonchev–Trinajstić information content (AvgIpc) is 2.01. The summed E-state index contributed by atoms with van der Waals surface area (Å²) < 4.78 is -1.43. The molecule has 0 aliphatic rings. The monoisotopic (exact) mass is 198 g/mol. The van der Waals surface area contributed by atoms with Gasteiger partial charge in [0.1, 0.15) is 0 Å². The van der Waals surface area contributed by atoms with Gasteiger partial charge in [0, 0.05) is 18.9 Å². The highest BCUT2D eigenvalue weighted by Crippen LogP contribution is 2.32. The van der Waals surface area contributed by atoms with E-state index in [2.05, 4.69) is 0 Å². The van der Waals surface area contributed by atoms with E-state index in [0.717, 1.165) is 0 Å². The number of aliphatic hydroxyl groups excluding tert-OH is 1. The first kappa shape index (κ1) is 11.2. The van der Waals surface area contributed by atoms with Gasteiger partial charge in [-0.25, -0.2) is 0 Å². The first-order valence-corrected chi connectivity index (χ1v) is 4.24. The molecule has 0 heterocycles. The van der Waals surface area contributed by atoms with E-state index in [1.165, 1.54) is 0 Å². The van der Waals surface area contributed by atoms with Crippen molar-refractivity contribution in [2.45, 2.75) is 24.6 Å². The maximum Gasteiger partial charge on any atom is 0.180 e. The van der Waals surface area contributed by atoms with Gasteiger partial charge in [-0.3, -0.25) is 4.79 Å². The van der Waals surface area contributed by atoms with E-state index in [1.807, 2.05) is 0 Å². The molecule has 0 bridgehead atoms. The van der Waals surface area contributed by atoms with Crippen LogP contribution in [0.3, 0.4) is 0 Å². The zero-order valence-electron chi connectivity index (χ0n) is 6.60. The van der Waals surface area contributed by atoms with Crippen molar-refractivity contribution in [1.29, 1.82) is 0 Å². The normalized spacial score (nSPS) is 14.6. The van der Waals surface area contributed by atoms with Gasteiger partial charge in [-0.05, 0) is 0 Å². The average molecular weight is 199 g/mol. The third-order valence-corrected chi connectivity index (χ3v) is 2.75. The van der Waals surface area contributed by atoms with Crippen molar-refractivity contribution in [3.8, 4) is 0 Å². The molecule has 0 fully saturated rings. The highest BCUT2D eigenvalue weighted by Gasteiger charge is 2.37. The smallest absolute Gasteiger partial charge is 0.180 e. The minimum Gasteiger partial charge on any atom is -0.396 e. The van der Waals surface area contributed by atoms with Gasteiger partial charge in [-0.1, -0.05) is 37.0 Å². The van der Waals surface area contributed by atoms with Crippen molar-refractivity contribution in [1.82, 2.24) is 0 Å². The van der Waals surface area contributed by atoms with Gasteiger partial charge in [-0.2, -0.15) is 0 Å². The molecular weight excluding hydrogens is 187 g/mol. The van der Waals surface area contributed by atoms with Crippen LogP contribution in [0.1, 0.15) is 20.3 Å². The first-order chi connectivity index (χ1) is 4.96. The third kappa shape index (κ3) is 2.62. The molecule has 1 unspecified atom stereocenters. The molecule has 0 saturated carbocycles. The van der Waals surface area contributed by atoms with Crippen LogP contribution in [-0.4, -0.2) is 21.8 Å². The lowest BCUT2D eigenvalue weighted by Crippen LogP contribution is -2.34. The molecule has 0 saturated heterocycles. The molecule has 2 nitrogen and oxygen atoms in total. The van der Waals surface area contributed by atoms with Gasteiger partial charge in [0.05, 0.1) is 0 Å². The summed E-state index contributed by atoms with van der Waals surface area (Å²) in [5, 5.41) is 8.69. The predicted molar refractivity (Wildman–Crippen MR) is 46.0 cm³/mol. The van der Waals surface area contributed by atoms with E-state index in [-0.39, 0.29) is 18.8 Å². The molecule has 0 aliphatic heterocycles. The molecule has 0 aliphatic carbocycles. The van der Waals surface area contributed by atoms with Gasteiger partial charge in [0.2, 0.25) is 0 Å². The Balaban J connectivity index is 4.31. The fraction of sp³-hybridized carbons (Fsp3) is 0.857. The molecule has 1 atom stereocenters. The summed E-state index contributed by atoms with van der Waals surface area (Å²) in [6, 6.07) is 0. The summed E-state index contributed by atoms with van der Waals surface area (Å²) in [6.07, 6.45) is 0.289. The highest BCUT2D eigenvalue weighted by atomic mass is 35.5. The molecule has 0 amide bonds. The van der Waals surface area contributed by atoms with Crippen molar-refractivity contribution in [2.75, 3.05) is 6.61 Å². The molecule has 0 rings (SSSR count). The lowest BCUT2D eigenvalue weighted by atomic mass is 10.0. The Bertz CT molecular complexity index is 145. The number of carbonyl (C=O) groups excluding carboxylic acids is 1. The summed E-state index contributed by atoms with van der Waals surface area (Å²) in [6.45, 7) is 3.14. The molecule has 4 heteroatoms. The SMILES string of the molecule is CCC(=O)C(Cl)(Cl)C(C)CO. The molecule has 66 valence electrons. The Hall–Kier alpha value is 0.210. The largest absolute Gasteiger partial charge is 0.396 e. The van der Waals surface area contributed by atoms with Crippen molar-refractivity contribution < 1.29 is 9.90 Å². The standard InChI is InChI=1S/C7H12Cl2O2/c1-3-6(11)7(8,9)5(2)4-10/h5,10H,3-4H2,1-2H3. The van der Waals surface area contributed by atoms with Crippen molar-refractivity contribution in [3.05, 3.63) is 0 Å². The molecule has 0 aromatic carbocycles. The van der Waals surface area contributed by atoms with Crippen molar-refractivity contribution >= 4 is 29.0 Å². The summed E-state index contributed by atoms with van der Waals surface area (Å²) in [4.78, 5) is 11.1. The molecule has 0 aromatic heterocycles. The number of rotatable bonds is 4. The minimum atomic E-state index is -1.43. The van der Waals surface area contributed by atoms with Gasteiger partial charge < -0.3 is 5.11 Å². The number of hydrogen-bond donors (Lipinski definition) is 1. The van der Waals surface area contributed by atoms with E-state index in [1.54, 1.807) is 13.8 Å². The second kappa shape index (κ2) is 4.29. The van der Waals surface area contributed by atoms with E-state index < -0.39 is 10.3 Å². The van der Waals surface area contributed by atoms with Crippen LogP contribution in [0.5, 0.6) is 0 Å². The van der Waals surface area contributed by atoms with Crippen LogP contribution >= 0.6 is 23.2 Å². The molecule has 0 radical (unpaired) electrons. The van der Waals surface area contributed by atoms with Gasteiger partial charge >= 0.3 is 0 Å². The van der Waals surface area contributed by atoms with Crippen molar-refractivity contribution in [2.24, 2.45) is 5.92 Å². The quantitative estimate of drug-likeness (QED) is 0.700. The number of Topliss-reactive ketones (excluding diaryl/α,β-unsaturated/α-hetero) is 1. The van der Waals surface area contributed by atoms with E-state index in [9.17, 15) is 4.79 Å². The van der Waals surface area contributed by atoms with E-state index >= 15 is 0 Å². The van der Waals surface area contributed by atoms with Crippen LogP contribution in [-0.2, 0) is 4.79 Å². The number of carbonyl (C=O) groups is 1. The fourth-order valence-corrected chi connectivity index (χ4v) is 1.03. The van der Waals surface area contributed by atoms with Crippen LogP contribution in [0.2, 0.25) is 0 Å². The lowest BCUT2D eigenvalue weighted by Gasteiger charge is -2.22. The van der Waals surface area contributed by atoms with Crippen LogP contribution in [0.15, 0.2) is 0 Å². The van der Waals surface area contributed by atoms with Crippen LogP contribution in [0.4, 0.5) is 0 Å². The second-order valence-corrected chi connectivity index (χ2v) is 3.87. The van der Waals surface area contributed by atoms with Crippen LogP contribution in [0.25, 0.3) is 0 Å². The summed E-state index contributed by atoms with van der Waals surface area (Å²) in [5.74, 6) is -0.666. The van der Waals surface area contributed by atoms with E-state index in [4.69, 9.17) is 28.3 Å². The zero-order chi connectivity index (χ0) is 9.07. The second-order valence-electron chi connectivity index (χ2n) is 2.48. The number of hydrogen-bond acceptors (Lipinski definition) is 2. The predicted octanol–water partition coefficient (Wildman–Crippen LogP) is 1.77. The van der Waals surface area contributed by atoms with Crippen molar-refractivity contribution in [3.63, 3.8) is 0 Å². The highest BCUT2D eigenvalue weighted by molar-refractivity contribution is 6.58. The number of halogens is 2. The fourth-order valence-electron chi connectivity index (χ4n) is 0.625. The molecule has 11 heavy (non-hydrogen) atoms. The van der Waals surface area contributed by atoms with Gasteiger partial charge in [-0.15, -0.1) is 0 Å². The molecular formula is C7H12Cl2O2. The maximum absolute atomic E-state index is 11.1. The number of alkyl halides is 2. The zero-order valence-corrected chi connectivity index (χ0v) is 8.11. The van der Waals surface area contributed by atoms with Gasteiger partial charge in [0.15, 0.2) is 10.1 Å². The topological polar surface area (TPSA) is 37.3 Å². The third-order valence-electron chi connectivity index (χ3n) is 1.59. The van der Waals surface area contributed by atoms with Crippen LogP contribution < -0.4 is 0 Å². The summed E-state index contributed by atoms with van der Waals surface area (Å²) >= 11 is 11.4. The Labute approximate surface area is 76.5 Å². The molecule has 1 N–H and O–H groups in total. The minimum absolute atomic E-state index is 0.182. The van der Waals surface area contributed by atoms with E-state index in [0.29, 0.717) is 0 Å². The Morgan fingerprint density at radius 1 is 1.64 bits per heavy atom. The molecule has 0 spiro atoms. The summed E-state index contributed by atoms with van der Waals surface area (Å²) in [7, 11) is 0. The summed E-state index contributed by atoms with van der Waals surface area (Å²) in [5.41, 5.74) is 0. The lowest BCUT2D eigenvalue weighted by molar-refractivity contribution is -0.120. The Morgan fingerprint density at radius 2 is 2.09 bits per heavy atom. The number of ketones is 1. The Morgan fingerprint density at radius 3 is 2.36 bits per heavy atom. The van der Waals surface area contributed by atoms with Gasteiger partial charge in [0.25, 0.3) is 0 Å². The molecule has 0 aromatic rings.